The van der Waals surface area contributed by atoms with Crippen molar-refractivity contribution < 1.29 is 0 Å². The molecule has 0 aliphatic rings. The molecule has 1 N–H and O–H groups in total. The van der Waals surface area contributed by atoms with E-state index in [9.17, 15) is 0 Å². The lowest BCUT2D eigenvalue weighted by atomic mass is 10.2. The van der Waals surface area contributed by atoms with E-state index in [1.807, 2.05) is 24.4 Å². The quantitative estimate of drug-likeness (QED) is 0.651. The monoisotopic (exact) mass is 208 g/mol. The highest BCUT2D eigenvalue weighted by atomic mass is 14.8. The van der Waals surface area contributed by atoms with Gasteiger partial charge >= 0.3 is 0 Å². The minimum absolute atomic E-state index is 0.996. The molecule has 0 unspecified atom stereocenters. The topological polar surface area (TPSA) is 28.7 Å². The van der Waals surface area contributed by atoms with Crippen molar-refractivity contribution in [2.45, 2.75) is 6.92 Å². The van der Waals surface area contributed by atoms with Crippen molar-refractivity contribution in [3.63, 3.8) is 0 Å². The molecular weight excluding hydrogens is 196 g/mol. The zero-order valence-electron chi connectivity index (χ0n) is 9.07. The lowest BCUT2D eigenvalue weighted by Gasteiger charge is -1.97. The van der Waals surface area contributed by atoms with Crippen LogP contribution < -0.4 is 0 Å². The summed E-state index contributed by atoms with van der Waals surface area (Å²) >= 11 is 0. The number of rotatable bonds is 1. The maximum atomic E-state index is 4.37. The fourth-order valence-corrected chi connectivity index (χ4v) is 1.89. The molecule has 2 heterocycles. The Labute approximate surface area is 94.0 Å². The van der Waals surface area contributed by atoms with Crippen LogP contribution >= 0.6 is 0 Å². The van der Waals surface area contributed by atoms with Gasteiger partial charge in [-0.1, -0.05) is 18.2 Å². The van der Waals surface area contributed by atoms with Crippen LogP contribution in [0.2, 0.25) is 0 Å². The van der Waals surface area contributed by atoms with E-state index >= 15 is 0 Å². The number of benzene rings is 1. The lowest BCUT2D eigenvalue weighted by Crippen LogP contribution is -1.83. The Morgan fingerprint density at radius 2 is 1.94 bits per heavy atom. The third-order valence-corrected chi connectivity index (χ3v) is 2.72. The summed E-state index contributed by atoms with van der Waals surface area (Å²) in [6.45, 7) is 2.08. The lowest BCUT2D eigenvalue weighted by molar-refractivity contribution is 1.26. The summed E-state index contributed by atoms with van der Waals surface area (Å²) in [6, 6.07) is 14.5. The summed E-state index contributed by atoms with van der Waals surface area (Å²) < 4.78 is 0. The van der Waals surface area contributed by atoms with Crippen LogP contribution in [-0.2, 0) is 0 Å². The largest absolute Gasteiger partial charge is 0.353 e. The van der Waals surface area contributed by atoms with Gasteiger partial charge in [-0.2, -0.15) is 0 Å². The van der Waals surface area contributed by atoms with Gasteiger partial charge in [0.1, 0.15) is 0 Å². The fraction of sp³-hybridized carbons (Fsp3) is 0.0714. The van der Waals surface area contributed by atoms with Gasteiger partial charge in [0.25, 0.3) is 0 Å². The van der Waals surface area contributed by atoms with Gasteiger partial charge in [0.15, 0.2) is 0 Å². The molecule has 0 fully saturated rings. The Morgan fingerprint density at radius 1 is 1.06 bits per heavy atom. The van der Waals surface area contributed by atoms with Gasteiger partial charge in [0.05, 0.1) is 11.4 Å². The summed E-state index contributed by atoms with van der Waals surface area (Å²) in [6.07, 6.45) is 1.84. The minimum atomic E-state index is 0.996. The van der Waals surface area contributed by atoms with Gasteiger partial charge in [-0.15, -0.1) is 0 Å². The number of pyridine rings is 1. The first-order valence-electron chi connectivity index (χ1n) is 5.34. The third-order valence-electron chi connectivity index (χ3n) is 2.72. The summed E-state index contributed by atoms with van der Waals surface area (Å²) in [5.41, 5.74) is 4.45. The second-order valence-corrected chi connectivity index (χ2v) is 3.99. The van der Waals surface area contributed by atoms with Gasteiger partial charge < -0.3 is 4.98 Å². The Balaban J connectivity index is 2.19. The smallest absolute Gasteiger partial charge is 0.0867 e. The molecule has 0 radical (unpaired) electrons. The molecule has 0 atom stereocenters. The molecule has 78 valence electrons. The molecule has 2 nitrogen and oxygen atoms in total. The van der Waals surface area contributed by atoms with E-state index in [1.165, 1.54) is 10.9 Å². The van der Waals surface area contributed by atoms with Crippen molar-refractivity contribution in [3.8, 4) is 11.4 Å². The fourth-order valence-electron chi connectivity index (χ4n) is 1.89. The molecule has 0 bridgehead atoms. The Morgan fingerprint density at radius 3 is 2.75 bits per heavy atom. The van der Waals surface area contributed by atoms with Crippen molar-refractivity contribution in [2.24, 2.45) is 0 Å². The number of aryl methyl sites for hydroxylation is 1. The number of fused-ring (bicyclic) bond motifs is 1. The highest BCUT2D eigenvalue weighted by Gasteiger charge is 2.03. The maximum absolute atomic E-state index is 4.37. The van der Waals surface area contributed by atoms with Crippen LogP contribution in [0.15, 0.2) is 48.7 Å². The van der Waals surface area contributed by atoms with Crippen LogP contribution in [0.5, 0.6) is 0 Å². The molecule has 3 rings (SSSR count). The first kappa shape index (κ1) is 9.16. The number of aromatic nitrogens is 2. The van der Waals surface area contributed by atoms with E-state index in [-0.39, 0.29) is 0 Å². The number of H-pyrrole nitrogens is 1. The maximum Gasteiger partial charge on any atom is 0.0867 e. The minimum Gasteiger partial charge on any atom is -0.353 e. The van der Waals surface area contributed by atoms with Crippen LogP contribution in [0.1, 0.15) is 5.56 Å². The predicted molar refractivity (Wildman–Crippen MR) is 66.3 cm³/mol. The highest BCUT2D eigenvalue weighted by molar-refractivity contribution is 5.85. The first-order chi connectivity index (χ1) is 7.83. The first-order valence-corrected chi connectivity index (χ1v) is 5.34. The summed E-state index contributed by atoms with van der Waals surface area (Å²) in [7, 11) is 0. The number of hydrogen-bond donors (Lipinski definition) is 1. The molecule has 16 heavy (non-hydrogen) atoms. The van der Waals surface area contributed by atoms with E-state index in [0.717, 1.165) is 16.9 Å². The summed E-state index contributed by atoms with van der Waals surface area (Å²) in [4.78, 5) is 7.75. The van der Waals surface area contributed by atoms with Crippen LogP contribution in [0, 0.1) is 6.92 Å². The molecule has 1 aromatic carbocycles. The molecule has 3 aromatic rings. The molecule has 0 spiro atoms. The summed E-state index contributed by atoms with van der Waals surface area (Å²) in [5, 5.41) is 1.22. The Bertz CT molecular complexity index is 605. The van der Waals surface area contributed by atoms with Gasteiger partial charge in [0.2, 0.25) is 0 Å². The van der Waals surface area contributed by atoms with Crippen molar-refractivity contribution >= 4 is 10.9 Å². The van der Waals surface area contributed by atoms with E-state index in [4.69, 9.17) is 0 Å². The molecule has 0 saturated heterocycles. The average molecular weight is 208 g/mol. The third kappa shape index (κ3) is 1.48. The van der Waals surface area contributed by atoms with Crippen LogP contribution in [0.3, 0.4) is 0 Å². The molecule has 0 aliphatic heterocycles. The molecular formula is C14H12N2. The van der Waals surface area contributed by atoms with Gasteiger partial charge in [-0.3, -0.25) is 4.98 Å². The molecule has 0 saturated carbocycles. The number of nitrogens with zero attached hydrogens (tertiary/aromatic N) is 1. The van der Waals surface area contributed by atoms with Crippen LogP contribution in [-0.4, -0.2) is 9.97 Å². The van der Waals surface area contributed by atoms with Crippen molar-refractivity contribution in [1.29, 1.82) is 0 Å². The summed E-state index contributed by atoms with van der Waals surface area (Å²) in [5.74, 6) is 0. The Hall–Kier alpha value is -2.09. The second-order valence-electron chi connectivity index (χ2n) is 3.99. The van der Waals surface area contributed by atoms with Crippen LogP contribution in [0.25, 0.3) is 22.3 Å². The molecule has 0 aliphatic carbocycles. The highest BCUT2D eigenvalue weighted by Crippen LogP contribution is 2.22. The molecule has 0 amide bonds. The van der Waals surface area contributed by atoms with Crippen LogP contribution in [0.4, 0.5) is 0 Å². The zero-order chi connectivity index (χ0) is 11.0. The van der Waals surface area contributed by atoms with Crippen molar-refractivity contribution in [2.75, 3.05) is 0 Å². The van der Waals surface area contributed by atoms with Gasteiger partial charge in [-0.25, -0.2) is 0 Å². The van der Waals surface area contributed by atoms with Gasteiger partial charge in [-0.05, 0) is 36.8 Å². The zero-order valence-corrected chi connectivity index (χ0v) is 9.07. The average Bonchev–Trinajstić information content (AvgIpc) is 2.72. The number of para-hydroxylation sites is 1. The van der Waals surface area contributed by atoms with Crippen molar-refractivity contribution in [3.05, 3.63) is 54.2 Å². The number of hydrogen-bond acceptors (Lipinski definition) is 1. The van der Waals surface area contributed by atoms with Crippen molar-refractivity contribution in [1.82, 2.24) is 9.97 Å². The Kier molecular flexibility index (Phi) is 2.00. The van der Waals surface area contributed by atoms with E-state index in [1.54, 1.807) is 0 Å². The molecule has 2 aromatic heterocycles. The van der Waals surface area contributed by atoms with E-state index in [0.29, 0.717) is 0 Å². The SMILES string of the molecule is Cc1ccnc(-c2cc3ccccc3[nH]2)c1. The second kappa shape index (κ2) is 3.49. The van der Waals surface area contributed by atoms with E-state index in [2.05, 4.69) is 41.2 Å². The number of nitrogens with one attached hydrogen (secondary N) is 1. The van der Waals surface area contributed by atoms with E-state index < -0.39 is 0 Å². The normalized spacial score (nSPS) is 10.8. The molecule has 2 heteroatoms. The number of aromatic amines is 1. The van der Waals surface area contributed by atoms with Gasteiger partial charge in [0, 0.05) is 17.1 Å². The predicted octanol–water partition coefficient (Wildman–Crippen LogP) is 3.54. The standard InChI is InChI=1S/C14H12N2/c1-10-6-7-15-13(8-10)14-9-11-4-2-3-5-12(11)16-14/h2-9,16H,1H3.